The zero-order chi connectivity index (χ0) is 13.0. The van der Waals surface area contributed by atoms with Gasteiger partial charge in [-0.15, -0.1) is 11.3 Å². The Labute approximate surface area is 116 Å². The average molecular weight is 285 g/mol. The van der Waals surface area contributed by atoms with Crippen LogP contribution in [0.15, 0.2) is 5.38 Å². The number of hydrogen-bond donors (Lipinski definition) is 1. The number of hydrogen-bond acceptors (Lipinski definition) is 5. The third-order valence-corrected chi connectivity index (χ3v) is 4.97. The van der Waals surface area contributed by atoms with Crippen LogP contribution in [0.5, 0.6) is 0 Å². The molecule has 1 aliphatic heterocycles. The third kappa shape index (κ3) is 3.96. The molecule has 1 fully saturated rings. The van der Waals surface area contributed by atoms with Crippen LogP contribution in [0.3, 0.4) is 0 Å². The molecule has 0 atom stereocenters. The molecule has 6 heteroatoms. The molecule has 0 aromatic carbocycles. The fourth-order valence-corrected chi connectivity index (χ4v) is 3.51. The first-order valence-corrected chi connectivity index (χ1v) is 8.10. The zero-order valence-corrected chi connectivity index (χ0v) is 12.4. The van der Waals surface area contributed by atoms with Crippen molar-refractivity contribution in [1.29, 1.82) is 0 Å². The SMILES string of the molecule is CN(C)C(=O)Cc1nc(CSCC2CNC2)cs1. The Hall–Kier alpha value is -0.590. The van der Waals surface area contributed by atoms with Gasteiger partial charge in [0.2, 0.25) is 5.91 Å². The summed E-state index contributed by atoms with van der Waals surface area (Å²) in [6.45, 7) is 2.32. The molecule has 1 aromatic rings. The molecule has 2 rings (SSSR count). The summed E-state index contributed by atoms with van der Waals surface area (Å²) in [6.07, 6.45) is 0.425. The van der Waals surface area contributed by atoms with Gasteiger partial charge in [-0.1, -0.05) is 0 Å². The van der Waals surface area contributed by atoms with Crippen molar-refractivity contribution in [3.05, 3.63) is 16.1 Å². The maximum absolute atomic E-state index is 11.6. The standard InChI is InChI=1S/C12H19N3OS2/c1-15(2)12(16)3-11-14-10(8-18-11)7-17-6-9-4-13-5-9/h8-9,13H,3-7H2,1-2H3. The van der Waals surface area contributed by atoms with Gasteiger partial charge in [-0.3, -0.25) is 4.79 Å². The lowest BCUT2D eigenvalue weighted by Crippen LogP contribution is -2.43. The van der Waals surface area contributed by atoms with Crippen molar-refractivity contribution in [2.75, 3.05) is 32.9 Å². The molecule has 1 aliphatic rings. The van der Waals surface area contributed by atoms with Crippen molar-refractivity contribution in [2.24, 2.45) is 5.92 Å². The first-order valence-electron chi connectivity index (χ1n) is 6.07. The number of carbonyl (C=O) groups is 1. The van der Waals surface area contributed by atoms with Gasteiger partial charge in [0.25, 0.3) is 0 Å². The van der Waals surface area contributed by atoms with Crippen molar-refractivity contribution >= 4 is 29.0 Å². The van der Waals surface area contributed by atoms with Gasteiger partial charge in [0.05, 0.1) is 12.1 Å². The Balaban J connectivity index is 1.73. The zero-order valence-electron chi connectivity index (χ0n) is 10.8. The minimum Gasteiger partial charge on any atom is -0.348 e. The van der Waals surface area contributed by atoms with E-state index in [0.717, 1.165) is 35.5 Å². The monoisotopic (exact) mass is 285 g/mol. The van der Waals surface area contributed by atoms with E-state index in [-0.39, 0.29) is 5.91 Å². The summed E-state index contributed by atoms with van der Waals surface area (Å²) in [7, 11) is 3.55. The summed E-state index contributed by atoms with van der Waals surface area (Å²) in [5.41, 5.74) is 1.11. The number of thioether (sulfide) groups is 1. The predicted octanol–water partition coefficient (Wildman–Crippen LogP) is 1.23. The smallest absolute Gasteiger partial charge is 0.228 e. The van der Waals surface area contributed by atoms with E-state index in [1.165, 1.54) is 5.75 Å². The van der Waals surface area contributed by atoms with Gasteiger partial charge >= 0.3 is 0 Å². The van der Waals surface area contributed by atoms with Gasteiger partial charge < -0.3 is 10.2 Å². The largest absolute Gasteiger partial charge is 0.348 e. The minimum absolute atomic E-state index is 0.115. The van der Waals surface area contributed by atoms with Crippen molar-refractivity contribution < 1.29 is 4.79 Å². The highest BCUT2D eigenvalue weighted by Gasteiger charge is 2.16. The fraction of sp³-hybridized carbons (Fsp3) is 0.667. The number of nitrogens with zero attached hydrogens (tertiary/aromatic N) is 2. The number of nitrogens with one attached hydrogen (secondary N) is 1. The van der Waals surface area contributed by atoms with Gasteiger partial charge in [-0.2, -0.15) is 11.8 Å². The first-order chi connectivity index (χ1) is 8.65. The van der Waals surface area contributed by atoms with Gasteiger partial charge in [-0.25, -0.2) is 4.98 Å². The number of aromatic nitrogens is 1. The van der Waals surface area contributed by atoms with E-state index in [0.29, 0.717) is 6.42 Å². The topological polar surface area (TPSA) is 45.2 Å². The lowest BCUT2D eigenvalue weighted by molar-refractivity contribution is -0.127. The van der Waals surface area contributed by atoms with E-state index >= 15 is 0 Å². The van der Waals surface area contributed by atoms with Crippen LogP contribution in [-0.4, -0.2) is 48.7 Å². The second kappa shape index (κ2) is 6.54. The quantitative estimate of drug-likeness (QED) is 0.854. The lowest BCUT2D eigenvalue weighted by Gasteiger charge is -2.26. The van der Waals surface area contributed by atoms with Crippen LogP contribution in [0.4, 0.5) is 0 Å². The molecule has 1 aromatic heterocycles. The molecule has 1 saturated heterocycles. The summed E-state index contributed by atoms with van der Waals surface area (Å²) in [5.74, 6) is 3.12. The highest BCUT2D eigenvalue weighted by Crippen LogP contribution is 2.19. The molecule has 0 saturated carbocycles. The summed E-state index contributed by atoms with van der Waals surface area (Å²) < 4.78 is 0. The van der Waals surface area contributed by atoms with Gasteiger partial charge in [-0.05, 0) is 24.8 Å². The minimum atomic E-state index is 0.115. The Bertz CT molecular complexity index is 402. The Morgan fingerprint density at radius 3 is 3.00 bits per heavy atom. The summed E-state index contributed by atoms with van der Waals surface area (Å²) in [5, 5.41) is 6.28. The molecule has 0 bridgehead atoms. The third-order valence-electron chi connectivity index (χ3n) is 2.87. The van der Waals surface area contributed by atoms with Crippen molar-refractivity contribution in [1.82, 2.24) is 15.2 Å². The maximum Gasteiger partial charge on any atom is 0.228 e. The van der Waals surface area contributed by atoms with E-state index in [2.05, 4.69) is 15.7 Å². The first kappa shape index (κ1) is 13.8. The van der Waals surface area contributed by atoms with Gasteiger partial charge in [0, 0.05) is 25.2 Å². The van der Waals surface area contributed by atoms with E-state index in [9.17, 15) is 4.79 Å². The number of carbonyl (C=O) groups excluding carboxylic acids is 1. The van der Waals surface area contributed by atoms with Crippen LogP contribution in [0.25, 0.3) is 0 Å². The highest BCUT2D eigenvalue weighted by atomic mass is 32.2. The fourth-order valence-electron chi connectivity index (χ4n) is 1.58. The van der Waals surface area contributed by atoms with Crippen molar-refractivity contribution in [3.8, 4) is 0 Å². The normalized spacial score (nSPS) is 15.4. The second-order valence-electron chi connectivity index (χ2n) is 4.74. The molecule has 0 aliphatic carbocycles. The summed E-state index contributed by atoms with van der Waals surface area (Å²) >= 11 is 3.53. The van der Waals surface area contributed by atoms with E-state index in [1.54, 1.807) is 30.3 Å². The summed E-state index contributed by atoms with van der Waals surface area (Å²) in [6, 6.07) is 0. The van der Waals surface area contributed by atoms with Crippen LogP contribution in [0, 0.1) is 5.92 Å². The summed E-state index contributed by atoms with van der Waals surface area (Å²) in [4.78, 5) is 17.7. The van der Waals surface area contributed by atoms with Crippen molar-refractivity contribution in [3.63, 3.8) is 0 Å². The molecule has 4 nitrogen and oxygen atoms in total. The van der Waals surface area contributed by atoms with Crippen LogP contribution in [0.1, 0.15) is 10.7 Å². The number of thiazole rings is 1. The van der Waals surface area contributed by atoms with Crippen molar-refractivity contribution in [2.45, 2.75) is 12.2 Å². The molecular formula is C12H19N3OS2. The van der Waals surface area contributed by atoms with Crippen LogP contribution < -0.4 is 5.32 Å². The van der Waals surface area contributed by atoms with Gasteiger partial charge in [0.15, 0.2) is 0 Å². The van der Waals surface area contributed by atoms with Gasteiger partial charge in [0.1, 0.15) is 5.01 Å². The molecule has 1 amide bonds. The molecule has 1 N–H and O–H groups in total. The molecule has 100 valence electrons. The van der Waals surface area contributed by atoms with E-state index in [4.69, 9.17) is 0 Å². The molecule has 18 heavy (non-hydrogen) atoms. The van der Waals surface area contributed by atoms with E-state index in [1.807, 2.05) is 11.8 Å². The maximum atomic E-state index is 11.6. The van der Waals surface area contributed by atoms with Crippen LogP contribution in [-0.2, 0) is 17.0 Å². The lowest BCUT2D eigenvalue weighted by atomic mass is 10.1. The Morgan fingerprint density at radius 1 is 1.61 bits per heavy atom. The van der Waals surface area contributed by atoms with Crippen LogP contribution in [0.2, 0.25) is 0 Å². The number of likely N-dealkylation sites (N-methyl/N-ethyl adjacent to an activating group) is 1. The molecule has 0 radical (unpaired) electrons. The molecule has 0 spiro atoms. The predicted molar refractivity (Wildman–Crippen MR) is 77.0 cm³/mol. The average Bonchev–Trinajstić information content (AvgIpc) is 2.69. The number of amides is 1. The van der Waals surface area contributed by atoms with E-state index < -0.39 is 0 Å². The molecule has 2 heterocycles. The molecule has 0 unspecified atom stereocenters. The van der Waals surface area contributed by atoms with Crippen LogP contribution >= 0.6 is 23.1 Å². The second-order valence-corrected chi connectivity index (χ2v) is 6.71. The molecular weight excluding hydrogens is 266 g/mol. The Morgan fingerprint density at radius 2 is 2.39 bits per heavy atom. The number of rotatable bonds is 6. The highest BCUT2D eigenvalue weighted by molar-refractivity contribution is 7.98. The Kier molecular flexibility index (Phi) is 5.03.